The zero-order valence-electron chi connectivity index (χ0n) is 10.0. The first-order valence-corrected chi connectivity index (χ1v) is 6.23. The molecule has 0 aromatic carbocycles. The molecule has 2 heterocycles. The van der Waals surface area contributed by atoms with E-state index in [1.165, 1.54) is 13.1 Å². The maximum atomic E-state index is 5.40. The molecule has 2 aliphatic rings. The summed E-state index contributed by atoms with van der Waals surface area (Å²) in [6, 6.07) is 0. The van der Waals surface area contributed by atoms with Crippen LogP contribution in [0.1, 0.15) is 26.7 Å². The third-order valence-electron chi connectivity index (χ3n) is 4.06. The van der Waals surface area contributed by atoms with Gasteiger partial charge >= 0.3 is 0 Å². The molecule has 88 valence electrons. The summed E-state index contributed by atoms with van der Waals surface area (Å²) in [5.41, 5.74) is 0.323. The van der Waals surface area contributed by atoms with E-state index in [1.807, 2.05) is 0 Å². The standard InChI is InChI=1S/C12H24N2O/c1-10(11-8-13-9-11)7-14-12(2)3-5-15-6-4-12/h10-11,13-14H,3-9H2,1-2H3. The third kappa shape index (κ3) is 2.92. The van der Waals surface area contributed by atoms with Crippen molar-refractivity contribution in [1.82, 2.24) is 10.6 Å². The lowest BCUT2D eigenvalue weighted by atomic mass is 9.86. The first kappa shape index (κ1) is 11.4. The molecule has 0 amide bonds. The van der Waals surface area contributed by atoms with Crippen molar-refractivity contribution in [3.05, 3.63) is 0 Å². The molecular formula is C12H24N2O. The molecule has 15 heavy (non-hydrogen) atoms. The fourth-order valence-electron chi connectivity index (χ4n) is 2.29. The van der Waals surface area contributed by atoms with Gasteiger partial charge < -0.3 is 15.4 Å². The molecule has 2 N–H and O–H groups in total. The van der Waals surface area contributed by atoms with Gasteiger partial charge in [0, 0.05) is 18.8 Å². The Labute approximate surface area is 93.0 Å². The zero-order valence-corrected chi connectivity index (χ0v) is 10.0. The summed E-state index contributed by atoms with van der Waals surface area (Å²) in [4.78, 5) is 0. The van der Waals surface area contributed by atoms with Gasteiger partial charge in [0.1, 0.15) is 0 Å². The second-order valence-corrected chi connectivity index (χ2v) is 5.45. The molecule has 0 bridgehead atoms. The average Bonchev–Trinajstić information content (AvgIpc) is 2.14. The van der Waals surface area contributed by atoms with Crippen molar-refractivity contribution in [3.8, 4) is 0 Å². The Balaban J connectivity index is 1.70. The van der Waals surface area contributed by atoms with E-state index in [1.54, 1.807) is 0 Å². The third-order valence-corrected chi connectivity index (χ3v) is 4.06. The van der Waals surface area contributed by atoms with Gasteiger partial charge in [0.05, 0.1) is 0 Å². The van der Waals surface area contributed by atoms with Crippen molar-refractivity contribution in [2.24, 2.45) is 11.8 Å². The highest BCUT2D eigenvalue weighted by Gasteiger charge is 2.29. The van der Waals surface area contributed by atoms with E-state index in [9.17, 15) is 0 Å². The van der Waals surface area contributed by atoms with Crippen LogP contribution >= 0.6 is 0 Å². The molecular weight excluding hydrogens is 188 g/mol. The molecule has 1 atom stereocenters. The Bertz CT molecular complexity index is 198. The van der Waals surface area contributed by atoms with Crippen LogP contribution in [0.3, 0.4) is 0 Å². The van der Waals surface area contributed by atoms with Crippen LogP contribution in [0.2, 0.25) is 0 Å². The van der Waals surface area contributed by atoms with Gasteiger partial charge in [0.15, 0.2) is 0 Å². The van der Waals surface area contributed by atoms with E-state index in [0.29, 0.717) is 5.54 Å². The Morgan fingerprint density at radius 2 is 2.07 bits per heavy atom. The second-order valence-electron chi connectivity index (χ2n) is 5.45. The summed E-state index contributed by atoms with van der Waals surface area (Å²) >= 11 is 0. The van der Waals surface area contributed by atoms with E-state index in [-0.39, 0.29) is 0 Å². The van der Waals surface area contributed by atoms with Crippen molar-refractivity contribution in [2.45, 2.75) is 32.2 Å². The van der Waals surface area contributed by atoms with Crippen LogP contribution in [0, 0.1) is 11.8 Å². The monoisotopic (exact) mass is 212 g/mol. The van der Waals surface area contributed by atoms with Gasteiger partial charge in [-0.15, -0.1) is 0 Å². The maximum absolute atomic E-state index is 5.40. The summed E-state index contributed by atoms with van der Waals surface area (Å²) in [6.07, 6.45) is 2.31. The minimum Gasteiger partial charge on any atom is -0.381 e. The first-order valence-electron chi connectivity index (χ1n) is 6.23. The molecule has 1 unspecified atom stereocenters. The van der Waals surface area contributed by atoms with Crippen LogP contribution in [0.4, 0.5) is 0 Å². The summed E-state index contributed by atoms with van der Waals surface area (Å²) in [5.74, 6) is 1.69. The van der Waals surface area contributed by atoms with Gasteiger partial charge in [-0.05, 0) is 51.2 Å². The molecule has 3 nitrogen and oxygen atoms in total. The van der Waals surface area contributed by atoms with Gasteiger partial charge in [-0.1, -0.05) is 6.92 Å². The lowest BCUT2D eigenvalue weighted by Gasteiger charge is -2.38. The molecule has 0 aromatic heterocycles. The number of ether oxygens (including phenoxy) is 1. The van der Waals surface area contributed by atoms with Gasteiger partial charge in [-0.2, -0.15) is 0 Å². The van der Waals surface area contributed by atoms with E-state index < -0.39 is 0 Å². The smallest absolute Gasteiger partial charge is 0.0483 e. The summed E-state index contributed by atoms with van der Waals surface area (Å²) in [7, 11) is 0. The molecule has 2 saturated heterocycles. The van der Waals surface area contributed by atoms with Crippen LogP contribution in [-0.2, 0) is 4.74 Å². The first-order chi connectivity index (χ1) is 7.20. The molecule has 0 spiro atoms. The lowest BCUT2D eigenvalue weighted by Crippen LogP contribution is -2.52. The van der Waals surface area contributed by atoms with Gasteiger partial charge in [-0.25, -0.2) is 0 Å². The summed E-state index contributed by atoms with van der Waals surface area (Å²) in [5, 5.41) is 7.08. The van der Waals surface area contributed by atoms with Crippen LogP contribution in [-0.4, -0.2) is 38.4 Å². The Kier molecular flexibility index (Phi) is 3.65. The second kappa shape index (κ2) is 4.81. The van der Waals surface area contributed by atoms with Crippen molar-refractivity contribution in [3.63, 3.8) is 0 Å². The molecule has 3 heteroatoms. The molecule has 2 aliphatic heterocycles. The van der Waals surface area contributed by atoms with Crippen LogP contribution in [0.5, 0.6) is 0 Å². The predicted molar refractivity (Wildman–Crippen MR) is 62.0 cm³/mol. The quantitative estimate of drug-likeness (QED) is 0.729. The highest BCUT2D eigenvalue weighted by atomic mass is 16.5. The molecule has 2 rings (SSSR count). The molecule has 0 aromatic rings. The van der Waals surface area contributed by atoms with E-state index in [4.69, 9.17) is 4.74 Å². The molecule has 2 fully saturated rings. The zero-order chi connectivity index (χ0) is 10.7. The minimum atomic E-state index is 0.323. The Morgan fingerprint density at radius 1 is 1.40 bits per heavy atom. The van der Waals surface area contributed by atoms with Crippen molar-refractivity contribution in [1.29, 1.82) is 0 Å². The number of rotatable bonds is 4. The van der Waals surface area contributed by atoms with E-state index in [2.05, 4.69) is 24.5 Å². The summed E-state index contributed by atoms with van der Waals surface area (Å²) in [6.45, 7) is 10.1. The van der Waals surface area contributed by atoms with E-state index in [0.717, 1.165) is 44.4 Å². The molecule has 0 aliphatic carbocycles. The SMILES string of the molecule is CC(CNC1(C)CCOCC1)C1CNC1. The van der Waals surface area contributed by atoms with E-state index >= 15 is 0 Å². The fraction of sp³-hybridized carbons (Fsp3) is 1.00. The highest BCUT2D eigenvalue weighted by molar-refractivity contribution is 4.88. The Hall–Kier alpha value is -0.120. The number of nitrogens with one attached hydrogen (secondary N) is 2. The van der Waals surface area contributed by atoms with Crippen LogP contribution in [0.25, 0.3) is 0 Å². The number of hydrogen-bond donors (Lipinski definition) is 2. The molecule has 0 saturated carbocycles. The maximum Gasteiger partial charge on any atom is 0.0483 e. The fourth-order valence-corrected chi connectivity index (χ4v) is 2.29. The Morgan fingerprint density at radius 3 is 2.60 bits per heavy atom. The number of hydrogen-bond acceptors (Lipinski definition) is 3. The largest absolute Gasteiger partial charge is 0.381 e. The average molecular weight is 212 g/mol. The normalized spacial score (nSPS) is 28.4. The molecule has 0 radical (unpaired) electrons. The van der Waals surface area contributed by atoms with Crippen LogP contribution < -0.4 is 10.6 Å². The summed E-state index contributed by atoms with van der Waals surface area (Å²) < 4.78 is 5.40. The van der Waals surface area contributed by atoms with Gasteiger partial charge in [0.25, 0.3) is 0 Å². The predicted octanol–water partition coefficient (Wildman–Crippen LogP) is 1.00. The minimum absolute atomic E-state index is 0.323. The van der Waals surface area contributed by atoms with Crippen LogP contribution in [0.15, 0.2) is 0 Å². The van der Waals surface area contributed by atoms with Crippen molar-refractivity contribution < 1.29 is 4.74 Å². The van der Waals surface area contributed by atoms with Crippen molar-refractivity contribution in [2.75, 3.05) is 32.8 Å². The van der Waals surface area contributed by atoms with Gasteiger partial charge in [0.2, 0.25) is 0 Å². The topological polar surface area (TPSA) is 33.3 Å². The van der Waals surface area contributed by atoms with Crippen molar-refractivity contribution >= 4 is 0 Å². The lowest BCUT2D eigenvalue weighted by molar-refractivity contribution is 0.0421. The highest BCUT2D eigenvalue weighted by Crippen LogP contribution is 2.21. The van der Waals surface area contributed by atoms with Gasteiger partial charge in [-0.3, -0.25) is 0 Å².